The topological polar surface area (TPSA) is 29.1 Å². The minimum atomic E-state index is -0.0752. The first-order valence-electron chi connectivity index (χ1n) is 6.36. The van der Waals surface area contributed by atoms with Crippen LogP contribution < -0.4 is 5.32 Å². The molecule has 0 aliphatic heterocycles. The van der Waals surface area contributed by atoms with Crippen LogP contribution in [0.4, 0.5) is 0 Å². The number of amides is 1. The third-order valence-corrected chi connectivity index (χ3v) is 4.14. The molecule has 1 aromatic rings. The normalized spacial score (nSPS) is 16.4. The minimum absolute atomic E-state index is 0.0752. The van der Waals surface area contributed by atoms with Crippen molar-refractivity contribution in [1.29, 1.82) is 0 Å². The highest BCUT2D eigenvalue weighted by molar-refractivity contribution is 9.10. The molecule has 1 saturated carbocycles. The monoisotopic (exact) mass is 329 g/mol. The summed E-state index contributed by atoms with van der Waals surface area (Å²) in [5, 5.41) is 3.58. The Kier molecular flexibility index (Phi) is 4.68. The van der Waals surface area contributed by atoms with Crippen LogP contribution in [0, 0.1) is 5.92 Å². The third-order valence-electron chi connectivity index (χ3n) is 3.32. The molecule has 1 aliphatic rings. The Morgan fingerprint density at radius 2 is 2.28 bits per heavy atom. The molecule has 0 bridgehead atoms. The smallest absolute Gasteiger partial charge is 0.253 e. The van der Waals surface area contributed by atoms with E-state index in [4.69, 9.17) is 11.6 Å². The number of carbonyl (C=O) groups is 1. The largest absolute Gasteiger partial charge is 0.349 e. The molecule has 98 valence electrons. The van der Waals surface area contributed by atoms with Crippen LogP contribution in [0.15, 0.2) is 22.7 Å². The van der Waals surface area contributed by atoms with Gasteiger partial charge in [0.05, 0.1) is 10.6 Å². The van der Waals surface area contributed by atoms with E-state index in [9.17, 15) is 4.79 Å². The molecule has 0 aromatic heterocycles. The van der Waals surface area contributed by atoms with E-state index in [0.29, 0.717) is 10.6 Å². The van der Waals surface area contributed by atoms with Crippen LogP contribution in [0.5, 0.6) is 0 Å². The summed E-state index contributed by atoms with van der Waals surface area (Å²) in [6.45, 7) is 2.11. The summed E-state index contributed by atoms with van der Waals surface area (Å²) < 4.78 is 0.868. The minimum Gasteiger partial charge on any atom is -0.349 e. The van der Waals surface area contributed by atoms with Gasteiger partial charge in [0, 0.05) is 10.5 Å². The molecule has 0 spiro atoms. The maximum absolute atomic E-state index is 12.2. The lowest BCUT2D eigenvalue weighted by molar-refractivity contribution is 0.0933. The van der Waals surface area contributed by atoms with Gasteiger partial charge in [-0.05, 0) is 37.0 Å². The van der Waals surface area contributed by atoms with Crippen molar-refractivity contribution < 1.29 is 4.79 Å². The van der Waals surface area contributed by atoms with E-state index in [2.05, 4.69) is 28.2 Å². The Balaban J connectivity index is 2.02. The molecule has 1 N–H and O–H groups in total. The van der Waals surface area contributed by atoms with Gasteiger partial charge in [-0.3, -0.25) is 4.79 Å². The predicted molar refractivity (Wildman–Crippen MR) is 78.0 cm³/mol. The summed E-state index contributed by atoms with van der Waals surface area (Å²) in [6.07, 6.45) is 4.68. The first kappa shape index (κ1) is 13.9. The summed E-state index contributed by atoms with van der Waals surface area (Å²) in [5.74, 6) is 0.738. The van der Waals surface area contributed by atoms with Crippen molar-refractivity contribution in [3.8, 4) is 0 Å². The fourth-order valence-electron chi connectivity index (χ4n) is 2.02. The number of hydrogen-bond donors (Lipinski definition) is 1. The van der Waals surface area contributed by atoms with Gasteiger partial charge in [0.25, 0.3) is 5.91 Å². The van der Waals surface area contributed by atoms with Crippen molar-refractivity contribution in [3.05, 3.63) is 33.3 Å². The van der Waals surface area contributed by atoms with Gasteiger partial charge in [0.15, 0.2) is 0 Å². The zero-order chi connectivity index (χ0) is 13.1. The van der Waals surface area contributed by atoms with E-state index in [0.717, 1.165) is 23.2 Å². The molecule has 1 amide bonds. The Hall–Kier alpha value is -0.540. The summed E-state index contributed by atoms with van der Waals surface area (Å²) in [5.41, 5.74) is 0.542. The average Bonchev–Trinajstić information content (AvgIpc) is 3.15. The predicted octanol–water partition coefficient (Wildman–Crippen LogP) is 4.41. The van der Waals surface area contributed by atoms with E-state index in [-0.39, 0.29) is 11.9 Å². The Labute approximate surface area is 121 Å². The second-order valence-corrected chi connectivity index (χ2v) is 6.20. The van der Waals surface area contributed by atoms with Gasteiger partial charge in [0.1, 0.15) is 0 Å². The number of benzene rings is 1. The van der Waals surface area contributed by atoms with E-state index in [1.807, 2.05) is 6.07 Å². The van der Waals surface area contributed by atoms with Gasteiger partial charge >= 0.3 is 0 Å². The van der Waals surface area contributed by atoms with Crippen LogP contribution >= 0.6 is 27.5 Å². The van der Waals surface area contributed by atoms with Crippen molar-refractivity contribution in [2.45, 2.75) is 38.6 Å². The molecule has 0 radical (unpaired) electrons. The summed E-state index contributed by atoms with van der Waals surface area (Å²) in [7, 11) is 0. The van der Waals surface area contributed by atoms with Crippen LogP contribution in [0.1, 0.15) is 43.0 Å². The molecule has 0 heterocycles. The second kappa shape index (κ2) is 6.07. The highest BCUT2D eigenvalue weighted by Gasteiger charge is 2.26. The standard InChI is InChI=1S/C14H17BrClNO/c1-2-11(7-9-3-4-9)17-14(18)12-8-10(15)5-6-13(12)16/h5-6,8-9,11H,2-4,7H2,1H3,(H,17,18). The fraction of sp³-hybridized carbons (Fsp3) is 0.500. The van der Waals surface area contributed by atoms with Crippen LogP contribution in [0.25, 0.3) is 0 Å². The van der Waals surface area contributed by atoms with Gasteiger partial charge < -0.3 is 5.32 Å². The van der Waals surface area contributed by atoms with E-state index < -0.39 is 0 Å². The number of hydrogen-bond acceptors (Lipinski definition) is 1. The number of halogens is 2. The molecule has 18 heavy (non-hydrogen) atoms. The van der Waals surface area contributed by atoms with Crippen LogP contribution in [-0.2, 0) is 0 Å². The summed E-state index contributed by atoms with van der Waals surface area (Å²) in [4.78, 5) is 12.2. The van der Waals surface area contributed by atoms with Crippen molar-refractivity contribution in [1.82, 2.24) is 5.32 Å². The molecule has 1 unspecified atom stereocenters. The van der Waals surface area contributed by atoms with Crippen LogP contribution in [0.3, 0.4) is 0 Å². The number of nitrogens with one attached hydrogen (secondary N) is 1. The quantitative estimate of drug-likeness (QED) is 0.851. The molecule has 1 fully saturated rings. The maximum Gasteiger partial charge on any atom is 0.253 e. The summed E-state index contributed by atoms with van der Waals surface area (Å²) >= 11 is 9.41. The molecule has 2 rings (SSSR count). The summed E-state index contributed by atoms with van der Waals surface area (Å²) in [6, 6.07) is 5.60. The zero-order valence-corrected chi connectivity index (χ0v) is 12.7. The number of carbonyl (C=O) groups excluding carboxylic acids is 1. The van der Waals surface area contributed by atoms with Crippen molar-refractivity contribution >= 4 is 33.4 Å². The van der Waals surface area contributed by atoms with E-state index in [1.54, 1.807) is 12.1 Å². The zero-order valence-electron chi connectivity index (χ0n) is 10.4. The lowest BCUT2D eigenvalue weighted by atomic mass is 10.1. The van der Waals surface area contributed by atoms with Gasteiger partial charge in [-0.15, -0.1) is 0 Å². The highest BCUT2D eigenvalue weighted by atomic mass is 79.9. The Bertz CT molecular complexity index is 445. The Morgan fingerprint density at radius 3 is 2.89 bits per heavy atom. The van der Waals surface area contributed by atoms with Crippen molar-refractivity contribution in [2.75, 3.05) is 0 Å². The van der Waals surface area contributed by atoms with Gasteiger partial charge in [-0.25, -0.2) is 0 Å². The van der Waals surface area contributed by atoms with E-state index in [1.165, 1.54) is 12.8 Å². The SMILES string of the molecule is CCC(CC1CC1)NC(=O)c1cc(Br)ccc1Cl. The molecular weight excluding hydrogens is 314 g/mol. The van der Waals surface area contributed by atoms with Gasteiger partial charge in [-0.1, -0.05) is 47.3 Å². The molecule has 0 saturated heterocycles. The molecule has 4 heteroatoms. The fourth-order valence-corrected chi connectivity index (χ4v) is 2.58. The van der Waals surface area contributed by atoms with Gasteiger partial charge in [-0.2, -0.15) is 0 Å². The van der Waals surface area contributed by atoms with Crippen LogP contribution in [-0.4, -0.2) is 11.9 Å². The molecular formula is C14H17BrClNO. The second-order valence-electron chi connectivity index (χ2n) is 4.88. The van der Waals surface area contributed by atoms with Crippen molar-refractivity contribution in [3.63, 3.8) is 0 Å². The third kappa shape index (κ3) is 3.72. The Morgan fingerprint density at radius 1 is 1.56 bits per heavy atom. The lowest BCUT2D eigenvalue weighted by Crippen LogP contribution is -2.34. The highest BCUT2D eigenvalue weighted by Crippen LogP contribution is 2.34. The first-order chi connectivity index (χ1) is 8.60. The number of rotatable bonds is 5. The van der Waals surface area contributed by atoms with Crippen LogP contribution in [0.2, 0.25) is 5.02 Å². The molecule has 1 aliphatic carbocycles. The first-order valence-corrected chi connectivity index (χ1v) is 7.53. The maximum atomic E-state index is 12.2. The lowest BCUT2D eigenvalue weighted by Gasteiger charge is -2.17. The average molecular weight is 331 g/mol. The van der Waals surface area contributed by atoms with Crippen molar-refractivity contribution in [2.24, 2.45) is 5.92 Å². The molecule has 2 nitrogen and oxygen atoms in total. The van der Waals surface area contributed by atoms with E-state index >= 15 is 0 Å². The van der Waals surface area contributed by atoms with Gasteiger partial charge in [0.2, 0.25) is 0 Å². The molecule has 1 aromatic carbocycles. The molecule has 1 atom stereocenters.